The first-order valence-corrected chi connectivity index (χ1v) is 7.84. The van der Waals surface area contributed by atoms with Crippen molar-refractivity contribution in [1.82, 2.24) is 10.4 Å². The fraction of sp³-hybridized carbons (Fsp3) is 0. The molecule has 0 radical (unpaired) electrons. The van der Waals surface area contributed by atoms with Gasteiger partial charge >= 0.3 is 0 Å². The Balaban J connectivity index is 1.63. The molecule has 5 heteroatoms. The number of halogens is 1. The van der Waals surface area contributed by atoms with Crippen LogP contribution in [0.1, 0.15) is 16.1 Å². The molecule has 0 saturated carbocycles. The fourth-order valence-electron chi connectivity index (χ4n) is 2.12. The van der Waals surface area contributed by atoms with Crippen LogP contribution >= 0.6 is 15.9 Å². The molecule has 1 aromatic heterocycles. The summed E-state index contributed by atoms with van der Waals surface area (Å²) in [5.74, 6) is -0.284. The number of nitrogens with zero attached hydrogens (tertiary/aromatic N) is 1. The van der Waals surface area contributed by atoms with E-state index in [1.54, 1.807) is 18.5 Å². The highest BCUT2D eigenvalue weighted by molar-refractivity contribution is 9.10. The first kappa shape index (κ1) is 15.2. The normalized spacial score (nSPS) is 10.8. The topological polar surface area (TPSA) is 57.2 Å². The molecule has 0 unspecified atom stereocenters. The number of hydrazone groups is 1. The van der Waals surface area contributed by atoms with E-state index in [2.05, 4.69) is 43.6 Å². The molecular weight excluding hydrogens is 354 g/mol. The Morgan fingerprint density at radius 2 is 1.74 bits per heavy atom. The lowest BCUT2D eigenvalue weighted by molar-refractivity contribution is 0.0951. The Kier molecular flexibility index (Phi) is 4.68. The molecule has 1 heterocycles. The highest BCUT2D eigenvalue weighted by atomic mass is 79.9. The van der Waals surface area contributed by atoms with Crippen LogP contribution in [0.3, 0.4) is 0 Å². The van der Waals surface area contributed by atoms with Gasteiger partial charge in [0.2, 0.25) is 0 Å². The number of benzene rings is 2. The summed E-state index contributed by atoms with van der Waals surface area (Å²) in [5.41, 5.74) is 6.16. The molecule has 0 fully saturated rings. The molecule has 0 aliphatic heterocycles. The van der Waals surface area contributed by atoms with E-state index in [-0.39, 0.29) is 5.91 Å². The Morgan fingerprint density at radius 3 is 2.39 bits per heavy atom. The van der Waals surface area contributed by atoms with Crippen LogP contribution in [-0.2, 0) is 0 Å². The molecule has 114 valence electrons. The summed E-state index contributed by atoms with van der Waals surface area (Å²) in [6.07, 6.45) is 3.31. The average molecular weight is 368 g/mol. The average Bonchev–Trinajstić information content (AvgIpc) is 3.03. The maximum Gasteiger partial charge on any atom is 0.287 e. The number of amides is 1. The fourth-order valence-corrected chi connectivity index (χ4v) is 2.46. The second kappa shape index (κ2) is 7.07. The summed E-state index contributed by atoms with van der Waals surface area (Å²) < 4.78 is 0.822. The number of aromatic nitrogens is 1. The molecule has 1 amide bonds. The van der Waals surface area contributed by atoms with Crippen LogP contribution in [0.5, 0.6) is 0 Å². The van der Waals surface area contributed by atoms with E-state index in [0.29, 0.717) is 5.69 Å². The van der Waals surface area contributed by atoms with Crippen LogP contribution in [-0.4, -0.2) is 17.1 Å². The van der Waals surface area contributed by atoms with Gasteiger partial charge in [-0.15, -0.1) is 0 Å². The molecule has 0 aliphatic rings. The Hall–Kier alpha value is -2.66. The summed E-state index contributed by atoms with van der Waals surface area (Å²) in [6.45, 7) is 0. The van der Waals surface area contributed by atoms with Crippen molar-refractivity contribution in [1.29, 1.82) is 0 Å². The molecule has 0 atom stereocenters. The summed E-state index contributed by atoms with van der Waals surface area (Å²) >= 11 is 3.28. The van der Waals surface area contributed by atoms with Crippen molar-refractivity contribution in [2.75, 3.05) is 0 Å². The van der Waals surface area contributed by atoms with E-state index in [0.717, 1.165) is 15.6 Å². The van der Waals surface area contributed by atoms with Gasteiger partial charge in [0.15, 0.2) is 0 Å². The van der Waals surface area contributed by atoms with Crippen molar-refractivity contribution in [3.05, 3.63) is 82.6 Å². The third-order valence-electron chi connectivity index (χ3n) is 3.29. The zero-order valence-electron chi connectivity index (χ0n) is 12.2. The third kappa shape index (κ3) is 3.96. The van der Waals surface area contributed by atoms with Gasteiger partial charge < -0.3 is 4.98 Å². The first-order valence-electron chi connectivity index (χ1n) is 7.05. The highest BCUT2D eigenvalue weighted by Crippen LogP contribution is 2.18. The predicted molar refractivity (Wildman–Crippen MR) is 95.4 cm³/mol. The van der Waals surface area contributed by atoms with Gasteiger partial charge in [0, 0.05) is 10.7 Å². The maximum absolute atomic E-state index is 11.8. The van der Waals surface area contributed by atoms with Gasteiger partial charge in [-0.25, -0.2) is 5.43 Å². The lowest BCUT2D eigenvalue weighted by Crippen LogP contribution is -2.17. The van der Waals surface area contributed by atoms with Crippen molar-refractivity contribution in [2.45, 2.75) is 0 Å². The SMILES string of the molecule is O=C(N/N=C\c1ccc(-c2ccccc2)cc1)c1cc(Br)c[nH]1. The van der Waals surface area contributed by atoms with Crippen molar-refractivity contribution < 1.29 is 4.79 Å². The molecule has 3 aromatic rings. The quantitative estimate of drug-likeness (QED) is 0.526. The summed E-state index contributed by atoms with van der Waals surface area (Å²) in [6, 6.07) is 19.8. The van der Waals surface area contributed by atoms with Crippen LogP contribution in [0.4, 0.5) is 0 Å². The lowest BCUT2D eigenvalue weighted by Gasteiger charge is -2.01. The zero-order chi connectivity index (χ0) is 16.1. The van der Waals surface area contributed by atoms with Gasteiger partial charge in [0.1, 0.15) is 5.69 Å². The van der Waals surface area contributed by atoms with Crippen molar-refractivity contribution in [2.24, 2.45) is 5.10 Å². The highest BCUT2D eigenvalue weighted by Gasteiger charge is 2.05. The van der Waals surface area contributed by atoms with Crippen LogP contribution in [0.15, 0.2) is 76.4 Å². The van der Waals surface area contributed by atoms with Crippen molar-refractivity contribution in [3.63, 3.8) is 0 Å². The molecule has 2 N–H and O–H groups in total. The van der Waals surface area contributed by atoms with Crippen molar-refractivity contribution >= 4 is 28.1 Å². The van der Waals surface area contributed by atoms with E-state index in [4.69, 9.17) is 0 Å². The van der Waals surface area contributed by atoms with Crippen LogP contribution in [0.25, 0.3) is 11.1 Å². The summed E-state index contributed by atoms with van der Waals surface area (Å²) in [5, 5.41) is 3.97. The number of rotatable bonds is 4. The summed E-state index contributed by atoms with van der Waals surface area (Å²) in [4.78, 5) is 14.7. The molecule has 0 aliphatic carbocycles. The summed E-state index contributed by atoms with van der Waals surface area (Å²) in [7, 11) is 0. The number of hydrogen-bond acceptors (Lipinski definition) is 2. The van der Waals surface area contributed by atoms with E-state index < -0.39 is 0 Å². The third-order valence-corrected chi connectivity index (χ3v) is 3.75. The molecule has 23 heavy (non-hydrogen) atoms. The molecule has 2 aromatic carbocycles. The number of hydrogen-bond donors (Lipinski definition) is 2. The van der Waals surface area contributed by atoms with Gasteiger partial charge in [0.25, 0.3) is 5.91 Å². The molecule has 0 saturated heterocycles. The standard InChI is InChI=1S/C18H14BrN3O/c19-16-10-17(20-12-16)18(23)22-21-11-13-6-8-15(9-7-13)14-4-2-1-3-5-14/h1-12,20H,(H,22,23)/b21-11-. The van der Waals surface area contributed by atoms with Gasteiger partial charge in [-0.05, 0) is 38.7 Å². The number of nitrogens with one attached hydrogen (secondary N) is 2. The van der Waals surface area contributed by atoms with Crippen molar-refractivity contribution in [3.8, 4) is 11.1 Å². The lowest BCUT2D eigenvalue weighted by atomic mass is 10.0. The number of H-pyrrole nitrogens is 1. The van der Waals surface area contributed by atoms with Crippen LogP contribution in [0.2, 0.25) is 0 Å². The van der Waals surface area contributed by atoms with E-state index in [1.807, 2.05) is 42.5 Å². The van der Waals surface area contributed by atoms with Gasteiger partial charge in [-0.2, -0.15) is 5.10 Å². The maximum atomic E-state index is 11.8. The van der Waals surface area contributed by atoms with Gasteiger partial charge in [-0.1, -0.05) is 54.6 Å². The van der Waals surface area contributed by atoms with E-state index in [9.17, 15) is 4.79 Å². The molecule has 3 rings (SSSR count). The van der Waals surface area contributed by atoms with Gasteiger partial charge in [-0.3, -0.25) is 4.79 Å². The predicted octanol–water partition coefficient (Wildman–Crippen LogP) is 4.21. The molecule has 0 spiro atoms. The molecule has 0 bridgehead atoms. The minimum Gasteiger partial charge on any atom is -0.356 e. The monoisotopic (exact) mass is 367 g/mol. The minimum atomic E-state index is -0.284. The smallest absolute Gasteiger partial charge is 0.287 e. The largest absolute Gasteiger partial charge is 0.356 e. The van der Waals surface area contributed by atoms with E-state index >= 15 is 0 Å². The number of carbonyl (C=O) groups excluding carboxylic acids is 1. The van der Waals surface area contributed by atoms with Gasteiger partial charge in [0.05, 0.1) is 6.21 Å². The second-order valence-electron chi connectivity index (χ2n) is 4.92. The Morgan fingerprint density at radius 1 is 1.04 bits per heavy atom. The zero-order valence-corrected chi connectivity index (χ0v) is 13.7. The second-order valence-corrected chi connectivity index (χ2v) is 5.83. The van der Waals surface area contributed by atoms with E-state index in [1.165, 1.54) is 5.56 Å². The number of aromatic amines is 1. The number of carbonyl (C=O) groups is 1. The first-order chi connectivity index (χ1) is 11.2. The van der Waals surface area contributed by atoms with Crippen LogP contribution in [0, 0.1) is 0 Å². The molecule has 4 nitrogen and oxygen atoms in total. The van der Waals surface area contributed by atoms with Crippen LogP contribution < -0.4 is 5.43 Å². The Bertz CT molecular complexity index is 823. The molecular formula is C18H14BrN3O. The minimum absolute atomic E-state index is 0.284. The Labute approximate surface area is 142 Å².